The molecule has 1 aliphatic heterocycles. The third-order valence-corrected chi connectivity index (χ3v) is 6.25. The van der Waals surface area contributed by atoms with Crippen LogP contribution in [0.3, 0.4) is 0 Å². The number of hydrogen-bond acceptors (Lipinski definition) is 14. The number of benzene rings is 2. The highest BCUT2D eigenvalue weighted by Gasteiger charge is 2.53. The number of ether oxygens (including phenoxy) is 6. The van der Waals surface area contributed by atoms with Crippen molar-refractivity contribution in [2.24, 2.45) is 0 Å². The van der Waals surface area contributed by atoms with Crippen LogP contribution in [0.5, 0.6) is 17.2 Å². The maximum atomic E-state index is 13.2. The van der Waals surface area contributed by atoms with Gasteiger partial charge in [0.15, 0.2) is 23.5 Å². The number of carbonyl (C=O) groups excluding carboxylic acids is 4. The van der Waals surface area contributed by atoms with Crippen LogP contribution in [0.25, 0.3) is 22.1 Å². The highest BCUT2D eigenvalue weighted by Crippen LogP contribution is 2.38. The van der Waals surface area contributed by atoms with Gasteiger partial charge < -0.3 is 43.1 Å². The van der Waals surface area contributed by atoms with Gasteiger partial charge in [-0.05, 0) is 29.8 Å². The molecule has 1 saturated heterocycles. The molecule has 0 spiro atoms. The molecule has 228 valence electrons. The molecule has 2 N–H and O–H groups in total. The Morgan fingerprint density at radius 1 is 0.791 bits per heavy atom. The summed E-state index contributed by atoms with van der Waals surface area (Å²) in [6.45, 7) is 3.89. The van der Waals surface area contributed by atoms with Gasteiger partial charge >= 0.3 is 23.9 Å². The topological polar surface area (TPSA) is 194 Å². The lowest BCUT2D eigenvalue weighted by atomic mass is 9.98. The van der Waals surface area contributed by atoms with E-state index in [0.717, 1.165) is 34.0 Å². The van der Waals surface area contributed by atoms with E-state index in [1.54, 1.807) is 0 Å². The number of aromatic hydroxyl groups is 2. The maximum absolute atomic E-state index is 13.2. The molecular weight excluding hydrogens is 572 g/mol. The highest BCUT2D eigenvalue weighted by atomic mass is 16.7. The van der Waals surface area contributed by atoms with Gasteiger partial charge in [0.1, 0.15) is 24.7 Å². The molecule has 43 heavy (non-hydrogen) atoms. The first-order valence-corrected chi connectivity index (χ1v) is 12.9. The van der Waals surface area contributed by atoms with Crippen LogP contribution in [0.1, 0.15) is 27.7 Å². The standard InChI is InChI=1S/C29H28O14/c1-13(30)37-12-22-26(39-14(2)31)27(40-15(3)32)28(41-16(4)33)29(43-22)42-21-10-9-19-23(35)20(11-38-25(19)24(21)36)17-5-7-18(34)8-6-17/h5-11,22,26-29,34,36H,12H2,1-4H3/t22-,26-,27+,28-,29-/m1/s1. The fourth-order valence-corrected chi connectivity index (χ4v) is 4.51. The molecule has 2 heterocycles. The number of phenolic OH excluding ortho intramolecular Hbond substituents is 2. The summed E-state index contributed by atoms with van der Waals surface area (Å²) in [5.41, 5.74) is -0.0948. The molecule has 5 atom stereocenters. The van der Waals surface area contributed by atoms with E-state index in [2.05, 4.69) is 0 Å². The summed E-state index contributed by atoms with van der Waals surface area (Å²) in [6.07, 6.45) is -6.19. The zero-order chi connectivity index (χ0) is 31.4. The molecule has 0 aliphatic carbocycles. The van der Waals surface area contributed by atoms with Gasteiger partial charge in [0.05, 0.1) is 10.9 Å². The molecule has 4 rings (SSSR count). The summed E-state index contributed by atoms with van der Waals surface area (Å²) in [5, 5.41) is 20.6. The second-order valence-electron chi connectivity index (χ2n) is 9.50. The van der Waals surface area contributed by atoms with E-state index < -0.39 is 72.4 Å². The van der Waals surface area contributed by atoms with E-state index in [9.17, 15) is 34.2 Å². The van der Waals surface area contributed by atoms with Crippen molar-refractivity contribution in [2.75, 3.05) is 6.61 Å². The Hall–Kier alpha value is -5.11. The second-order valence-corrected chi connectivity index (χ2v) is 9.50. The Labute approximate surface area is 243 Å². The van der Waals surface area contributed by atoms with Gasteiger partial charge in [-0.2, -0.15) is 0 Å². The van der Waals surface area contributed by atoms with Crippen LogP contribution in [0, 0.1) is 0 Å². The Bertz CT molecular complexity index is 1590. The lowest BCUT2D eigenvalue weighted by Gasteiger charge is -2.43. The summed E-state index contributed by atoms with van der Waals surface area (Å²) in [6, 6.07) is 8.42. The summed E-state index contributed by atoms with van der Waals surface area (Å²) in [5.74, 6) is -4.04. The minimum atomic E-state index is -1.62. The molecule has 14 heteroatoms. The molecule has 0 unspecified atom stereocenters. The third-order valence-electron chi connectivity index (χ3n) is 6.25. The number of phenols is 2. The van der Waals surface area contributed by atoms with Crippen LogP contribution < -0.4 is 10.2 Å². The van der Waals surface area contributed by atoms with Crippen LogP contribution >= 0.6 is 0 Å². The van der Waals surface area contributed by atoms with Gasteiger partial charge in [0, 0.05) is 27.7 Å². The lowest BCUT2D eigenvalue weighted by Crippen LogP contribution is -2.63. The van der Waals surface area contributed by atoms with Crippen molar-refractivity contribution in [3.8, 4) is 28.4 Å². The van der Waals surface area contributed by atoms with E-state index in [0.29, 0.717) is 5.56 Å². The predicted octanol–water partition coefficient (Wildman–Crippen LogP) is 2.33. The van der Waals surface area contributed by atoms with Crippen molar-refractivity contribution in [3.05, 3.63) is 52.9 Å². The first-order valence-electron chi connectivity index (χ1n) is 12.9. The average molecular weight is 601 g/mol. The molecule has 1 fully saturated rings. The first-order chi connectivity index (χ1) is 20.3. The van der Waals surface area contributed by atoms with Crippen molar-refractivity contribution in [3.63, 3.8) is 0 Å². The average Bonchev–Trinajstić information content (AvgIpc) is 2.92. The quantitative estimate of drug-likeness (QED) is 0.282. The molecule has 14 nitrogen and oxygen atoms in total. The van der Waals surface area contributed by atoms with Crippen molar-refractivity contribution >= 4 is 34.8 Å². The van der Waals surface area contributed by atoms with Gasteiger partial charge in [-0.15, -0.1) is 0 Å². The molecule has 1 aromatic heterocycles. The summed E-state index contributed by atoms with van der Waals surface area (Å²) < 4.78 is 38.4. The number of carbonyl (C=O) groups is 4. The normalized spacial score (nSPS) is 21.4. The lowest BCUT2D eigenvalue weighted by molar-refractivity contribution is -0.288. The summed E-state index contributed by atoms with van der Waals surface area (Å²) in [4.78, 5) is 60.7. The number of fused-ring (bicyclic) bond motifs is 1. The smallest absolute Gasteiger partial charge is 0.303 e. The number of hydrogen-bond donors (Lipinski definition) is 2. The third kappa shape index (κ3) is 7.04. The van der Waals surface area contributed by atoms with Crippen molar-refractivity contribution in [1.29, 1.82) is 0 Å². The fraction of sp³-hybridized carbons (Fsp3) is 0.345. The van der Waals surface area contributed by atoms with Gasteiger partial charge in [-0.3, -0.25) is 24.0 Å². The molecule has 0 bridgehead atoms. The Balaban J connectivity index is 1.74. The Kier molecular flexibility index (Phi) is 9.19. The van der Waals surface area contributed by atoms with Crippen LogP contribution in [-0.4, -0.2) is 71.4 Å². The molecule has 0 radical (unpaired) electrons. The monoisotopic (exact) mass is 600 g/mol. The predicted molar refractivity (Wildman–Crippen MR) is 144 cm³/mol. The fourth-order valence-electron chi connectivity index (χ4n) is 4.51. The zero-order valence-corrected chi connectivity index (χ0v) is 23.4. The first kappa shape index (κ1) is 30.8. The van der Waals surface area contributed by atoms with Crippen molar-refractivity contribution in [1.82, 2.24) is 0 Å². The van der Waals surface area contributed by atoms with Crippen LogP contribution in [0.4, 0.5) is 0 Å². The van der Waals surface area contributed by atoms with E-state index >= 15 is 0 Å². The van der Waals surface area contributed by atoms with E-state index in [1.807, 2.05) is 0 Å². The minimum absolute atomic E-state index is 0.00281. The summed E-state index contributed by atoms with van der Waals surface area (Å²) >= 11 is 0. The van der Waals surface area contributed by atoms with Gasteiger partial charge in [-0.1, -0.05) is 12.1 Å². The number of esters is 4. The maximum Gasteiger partial charge on any atom is 0.303 e. The Morgan fingerprint density at radius 2 is 1.40 bits per heavy atom. The molecule has 0 amide bonds. The van der Waals surface area contributed by atoms with Gasteiger partial charge in [-0.25, -0.2) is 0 Å². The molecule has 2 aromatic carbocycles. The molecule has 3 aromatic rings. The van der Waals surface area contributed by atoms with E-state index in [-0.39, 0.29) is 28.0 Å². The molecule has 1 aliphatic rings. The van der Waals surface area contributed by atoms with Gasteiger partial charge in [0.25, 0.3) is 0 Å². The van der Waals surface area contributed by atoms with Crippen LogP contribution in [-0.2, 0) is 42.9 Å². The molecular formula is C29H28O14. The minimum Gasteiger partial charge on any atom is -0.508 e. The summed E-state index contributed by atoms with van der Waals surface area (Å²) in [7, 11) is 0. The van der Waals surface area contributed by atoms with E-state index in [4.69, 9.17) is 32.8 Å². The van der Waals surface area contributed by atoms with Crippen LogP contribution in [0.2, 0.25) is 0 Å². The zero-order valence-electron chi connectivity index (χ0n) is 23.4. The van der Waals surface area contributed by atoms with Crippen molar-refractivity contribution < 1.29 is 62.2 Å². The number of rotatable bonds is 8. The van der Waals surface area contributed by atoms with Crippen LogP contribution in [0.15, 0.2) is 51.9 Å². The van der Waals surface area contributed by atoms with Gasteiger partial charge in [0.2, 0.25) is 23.6 Å². The Morgan fingerprint density at radius 3 is 2.00 bits per heavy atom. The second kappa shape index (κ2) is 12.8. The van der Waals surface area contributed by atoms with Crippen molar-refractivity contribution in [2.45, 2.75) is 58.4 Å². The molecule has 0 saturated carbocycles. The SMILES string of the molecule is CC(=O)OC[C@H]1O[C@@H](Oc2ccc3c(=O)c(-c4ccc(O)cc4)coc3c2O)[C@H](OC(C)=O)[C@@H](OC(C)=O)[C@@H]1OC(C)=O. The van der Waals surface area contributed by atoms with E-state index in [1.165, 1.54) is 36.4 Å². The highest BCUT2D eigenvalue weighted by molar-refractivity contribution is 5.88. The largest absolute Gasteiger partial charge is 0.508 e.